The van der Waals surface area contributed by atoms with Crippen molar-refractivity contribution in [2.45, 2.75) is 39.2 Å². The van der Waals surface area contributed by atoms with Gasteiger partial charge in [0.2, 0.25) is 0 Å². The molecule has 1 aromatic carbocycles. The van der Waals surface area contributed by atoms with Gasteiger partial charge >= 0.3 is 0 Å². The smallest absolute Gasteiger partial charge is 0.150 e. The molecule has 0 saturated heterocycles. The highest BCUT2D eigenvalue weighted by atomic mass is 32.2. The van der Waals surface area contributed by atoms with Crippen LogP contribution in [0.15, 0.2) is 24.3 Å². The van der Waals surface area contributed by atoms with Crippen LogP contribution in [0.5, 0.6) is 5.75 Å². The molecule has 114 valence electrons. The zero-order valence-electron chi connectivity index (χ0n) is 12.2. The Kier molecular flexibility index (Phi) is 7.02. The van der Waals surface area contributed by atoms with Gasteiger partial charge in [-0.2, -0.15) is 0 Å². The molecule has 0 heterocycles. The third-order valence-electron chi connectivity index (χ3n) is 3.14. The van der Waals surface area contributed by atoms with E-state index in [1.807, 2.05) is 31.2 Å². The summed E-state index contributed by atoms with van der Waals surface area (Å²) in [7, 11) is -2.93. The molecule has 1 N–H and O–H groups in total. The van der Waals surface area contributed by atoms with Crippen LogP contribution in [-0.2, 0) is 9.84 Å². The van der Waals surface area contributed by atoms with Gasteiger partial charge < -0.3 is 9.84 Å². The summed E-state index contributed by atoms with van der Waals surface area (Å²) in [6.45, 7) is 4.07. The van der Waals surface area contributed by atoms with Crippen LogP contribution in [-0.4, -0.2) is 37.7 Å². The zero-order chi connectivity index (χ0) is 15.0. The fourth-order valence-corrected chi connectivity index (χ4v) is 2.74. The highest BCUT2D eigenvalue weighted by Gasteiger charge is 2.10. The molecule has 0 aromatic heterocycles. The summed E-state index contributed by atoms with van der Waals surface area (Å²) in [6, 6.07) is 7.75. The average Bonchev–Trinajstić information content (AvgIpc) is 2.38. The molecule has 0 amide bonds. The number of aliphatic hydroxyl groups excluding tert-OH is 1. The number of benzene rings is 1. The van der Waals surface area contributed by atoms with Crippen molar-refractivity contribution in [3.63, 3.8) is 0 Å². The van der Waals surface area contributed by atoms with Gasteiger partial charge in [0.15, 0.2) is 0 Å². The fraction of sp³-hybridized carbons (Fsp3) is 0.600. The topological polar surface area (TPSA) is 63.6 Å². The van der Waals surface area contributed by atoms with E-state index < -0.39 is 15.9 Å². The lowest BCUT2D eigenvalue weighted by molar-refractivity contribution is 0.130. The predicted molar refractivity (Wildman–Crippen MR) is 80.9 cm³/mol. The van der Waals surface area contributed by atoms with Gasteiger partial charge in [-0.15, -0.1) is 0 Å². The van der Waals surface area contributed by atoms with E-state index in [0.29, 0.717) is 25.9 Å². The summed E-state index contributed by atoms with van der Waals surface area (Å²) in [5.74, 6) is 1.12. The number of aliphatic hydroxyl groups is 1. The van der Waals surface area contributed by atoms with Gasteiger partial charge in [-0.05, 0) is 37.5 Å². The van der Waals surface area contributed by atoms with Crippen LogP contribution in [0.2, 0.25) is 0 Å². The highest BCUT2D eigenvalue weighted by molar-refractivity contribution is 7.91. The maximum atomic E-state index is 11.3. The van der Waals surface area contributed by atoms with Crippen LogP contribution in [0.3, 0.4) is 0 Å². The van der Waals surface area contributed by atoms with E-state index in [1.165, 1.54) is 0 Å². The molecule has 0 aliphatic heterocycles. The third kappa shape index (κ3) is 6.91. The maximum Gasteiger partial charge on any atom is 0.150 e. The first-order chi connectivity index (χ1) is 9.43. The Morgan fingerprint density at radius 1 is 1.30 bits per heavy atom. The second-order valence-corrected chi connectivity index (χ2v) is 7.46. The molecule has 0 spiro atoms. The predicted octanol–water partition coefficient (Wildman–Crippen LogP) is 2.34. The van der Waals surface area contributed by atoms with Crippen LogP contribution in [0.25, 0.3) is 0 Å². The Bertz CT molecular complexity index is 496. The van der Waals surface area contributed by atoms with E-state index in [4.69, 9.17) is 4.74 Å². The van der Waals surface area contributed by atoms with Crippen molar-refractivity contribution in [1.29, 1.82) is 0 Å². The third-order valence-corrected chi connectivity index (χ3v) is 4.93. The van der Waals surface area contributed by atoms with Gasteiger partial charge in [0.05, 0.1) is 18.5 Å². The Hall–Kier alpha value is -1.07. The van der Waals surface area contributed by atoms with Crippen LogP contribution in [0.4, 0.5) is 0 Å². The molecule has 1 aromatic rings. The summed E-state index contributed by atoms with van der Waals surface area (Å²) in [6.07, 6.45) is 1.00. The SMILES string of the molecule is CCS(=O)(=O)CCCC(O)CCOc1cccc(C)c1. The van der Waals surface area contributed by atoms with Crippen molar-refractivity contribution >= 4 is 9.84 Å². The maximum absolute atomic E-state index is 11.3. The van der Waals surface area contributed by atoms with Gasteiger partial charge in [0, 0.05) is 12.2 Å². The molecule has 0 aliphatic carbocycles. The van der Waals surface area contributed by atoms with Crippen molar-refractivity contribution in [3.05, 3.63) is 29.8 Å². The molecule has 4 nitrogen and oxygen atoms in total. The van der Waals surface area contributed by atoms with Crippen LogP contribution in [0.1, 0.15) is 31.7 Å². The first-order valence-corrected chi connectivity index (χ1v) is 8.83. The minimum atomic E-state index is -2.93. The molecular formula is C15H24O4S. The van der Waals surface area contributed by atoms with Gasteiger partial charge in [-0.3, -0.25) is 0 Å². The van der Waals surface area contributed by atoms with E-state index in [9.17, 15) is 13.5 Å². The summed E-state index contributed by atoms with van der Waals surface area (Å²) in [5, 5.41) is 9.78. The molecule has 1 atom stereocenters. The highest BCUT2D eigenvalue weighted by Crippen LogP contribution is 2.13. The average molecular weight is 300 g/mol. The van der Waals surface area contributed by atoms with E-state index in [1.54, 1.807) is 6.92 Å². The Morgan fingerprint density at radius 3 is 2.70 bits per heavy atom. The lowest BCUT2D eigenvalue weighted by Crippen LogP contribution is -2.15. The quantitative estimate of drug-likeness (QED) is 0.760. The summed E-state index contributed by atoms with van der Waals surface area (Å²) >= 11 is 0. The molecular weight excluding hydrogens is 276 g/mol. The molecule has 0 radical (unpaired) electrons. The number of hydrogen-bond donors (Lipinski definition) is 1. The largest absolute Gasteiger partial charge is 0.493 e. The molecule has 1 unspecified atom stereocenters. The van der Waals surface area contributed by atoms with Crippen molar-refractivity contribution in [2.75, 3.05) is 18.1 Å². The molecule has 1 rings (SSSR count). The zero-order valence-corrected chi connectivity index (χ0v) is 13.0. The second kappa shape index (κ2) is 8.27. The molecule has 0 fully saturated rings. The minimum absolute atomic E-state index is 0.152. The molecule has 0 bridgehead atoms. The number of sulfone groups is 1. The summed E-state index contributed by atoms with van der Waals surface area (Å²) in [4.78, 5) is 0. The Balaban J connectivity index is 2.19. The van der Waals surface area contributed by atoms with Gasteiger partial charge in [-0.25, -0.2) is 8.42 Å². The van der Waals surface area contributed by atoms with E-state index in [0.717, 1.165) is 11.3 Å². The normalized spacial score (nSPS) is 13.2. The fourth-order valence-electron chi connectivity index (χ4n) is 1.85. The lowest BCUT2D eigenvalue weighted by atomic mass is 10.1. The number of aryl methyl sites for hydroxylation is 1. The summed E-state index contributed by atoms with van der Waals surface area (Å²) < 4.78 is 28.2. The molecule has 0 saturated carbocycles. The second-order valence-electron chi connectivity index (χ2n) is 4.99. The number of ether oxygens (including phenoxy) is 1. The van der Waals surface area contributed by atoms with E-state index >= 15 is 0 Å². The molecule has 5 heteroatoms. The van der Waals surface area contributed by atoms with Gasteiger partial charge in [0.25, 0.3) is 0 Å². The van der Waals surface area contributed by atoms with Crippen LogP contribution >= 0.6 is 0 Å². The van der Waals surface area contributed by atoms with Crippen LogP contribution in [0, 0.1) is 6.92 Å². The van der Waals surface area contributed by atoms with Gasteiger partial charge in [0.1, 0.15) is 15.6 Å². The molecule has 0 aliphatic rings. The van der Waals surface area contributed by atoms with E-state index in [-0.39, 0.29) is 11.5 Å². The number of hydrogen-bond acceptors (Lipinski definition) is 4. The van der Waals surface area contributed by atoms with Crippen molar-refractivity contribution in [2.24, 2.45) is 0 Å². The lowest BCUT2D eigenvalue weighted by Gasteiger charge is -2.11. The minimum Gasteiger partial charge on any atom is -0.493 e. The van der Waals surface area contributed by atoms with Crippen molar-refractivity contribution in [1.82, 2.24) is 0 Å². The molecule has 20 heavy (non-hydrogen) atoms. The summed E-state index contributed by atoms with van der Waals surface area (Å²) in [5.41, 5.74) is 1.13. The van der Waals surface area contributed by atoms with Crippen LogP contribution < -0.4 is 4.74 Å². The van der Waals surface area contributed by atoms with Crippen molar-refractivity contribution in [3.8, 4) is 5.75 Å². The van der Waals surface area contributed by atoms with E-state index in [2.05, 4.69) is 0 Å². The van der Waals surface area contributed by atoms with Crippen molar-refractivity contribution < 1.29 is 18.3 Å². The first kappa shape index (κ1) is 17.0. The van der Waals surface area contributed by atoms with Gasteiger partial charge in [-0.1, -0.05) is 19.1 Å². The Morgan fingerprint density at radius 2 is 2.05 bits per heavy atom. The monoisotopic (exact) mass is 300 g/mol. The first-order valence-electron chi connectivity index (χ1n) is 7.01. The number of rotatable bonds is 9. The standard InChI is InChI=1S/C15H24O4S/c1-3-20(17,18)11-5-7-14(16)9-10-19-15-8-4-6-13(2)12-15/h4,6,8,12,14,16H,3,5,7,9-11H2,1-2H3. The Labute approximate surface area is 121 Å².